The van der Waals surface area contributed by atoms with Crippen molar-refractivity contribution in [2.24, 2.45) is 7.05 Å². The molecule has 25 heavy (non-hydrogen) atoms. The predicted molar refractivity (Wildman–Crippen MR) is 94.7 cm³/mol. The number of hydrogen-bond acceptors (Lipinski definition) is 3. The van der Waals surface area contributed by atoms with Gasteiger partial charge in [-0.15, -0.1) is 0 Å². The third kappa shape index (κ3) is 2.84. The van der Waals surface area contributed by atoms with Crippen LogP contribution < -0.4 is 5.32 Å². The largest absolute Gasteiger partial charge is 0.345 e. The lowest BCUT2D eigenvalue weighted by Crippen LogP contribution is -2.31. The van der Waals surface area contributed by atoms with Crippen LogP contribution in [0.5, 0.6) is 0 Å². The molecule has 6 nitrogen and oxygen atoms in total. The number of imidazole rings is 1. The van der Waals surface area contributed by atoms with Crippen molar-refractivity contribution >= 4 is 5.91 Å². The standard InChI is InChI=1S/C19H21N5O/c1-13-6-7-18(24-9-8-20-12-24)14(10-13)19(25)22-16-4-3-5-17-15(16)11-21-23(17)2/h6-12,16H,3-5H2,1-2H3,(H,22,25)/t16-/m1/s1. The molecule has 1 aliphatic rings. The van der Waals surface area contributed by atoms with E-state index in [4.69, 9.17) is 0 Å². The number of benzene rings is 1. The van der Waals surface area contributed by atoms with Crippen molar-refractivity contribution in [3.63, 3.8) is 0 Å². The fraction of sp³-hybridized carbons (Fsp3) is 0.316. The van der Waals surface area contributed by atoms with Crippen molar-refractivity contribution in [1.82, 2.24) is 24.6 Å². The van der Waals surface area contributed by atoms with Crippen LogP contribution in [0.1, 0.15) is 46.1 Å². The van der Waals surface area contributed by atoms with Gasteiger partial charge in [-0.3, -0.25) is 9.48 Å². The minimum atomic E-state index is -0.0610. The highest BCUT2D eigenvalue weighted by Gasteiger charge is 2.26. The summed E-state index contributed by atoms with van der Waals surface area (Å²) in [5, 5.41) is 7.56. The molecular weight excluding hydrogens is 314 g/mol. The van der Waals surface area contributed by atoms with Gasteiger partial charge in [0.1, 0.15) is 0 Å². The number of fused-ring (bicyclic) bond motifs is 1. The summed E-state index contributed by atoms with van der Waals surface area (Å²) in [5.74, 6) is -0.0610. The van der Waals surface area contributed by atoms with Crippen LogP contribution in [0.3, 0.4) is 0 Å². The number of amides is 1. The van der Waals surface area contributed by atoms with Crippen molar-refractivity contribution in [2.45, 2.75) is 32.2 Å². The van der Waals surface area contributed by atoms with Gasteiger partial charge in [0.05, 0.1) is 29.8 Å². The Labute approximate surface area is 146 Å². The van der Waals surface area contributed by atoms with E-state index in [2.05, 4.69) is 15.4 Å². The first-order chi connectivity index (χ1) is 12.1. The second-order valence-corrected chi connectivity index (χ2v) is 6.58. The third-order valence-electron chi connectivity index (χ3n) is 4.86. The Morgan fingerprint density at radius 1 is 1.36 bits per heavy atom. The van der Waals surface area contributed by atoms with Crippen molar-refractivity contribution < 1.29 is 4.79 Å². The first-order valence-electron chi connectivity index (χ1n) is 8.54. The molecule has 128 valence electrons. The molecule has 1 aliphatic carbocycles. The molecule has 1 amide bonds. The molecule has 1 N–H and O–H groups in total. The van der Waals surface area contributed by atoms with Crippen molar-refractivity contribution in [3.8, 4) is 5.69 Å². The third-order valence-corrected chi connectivity index (χ3v) is 4.86. The number of rotatable bonds is 3. The van der Waals surface area contributed by atoms with E-state index in [1.165, 1.54) is 5.69 Å². The highest BCUT2D eigenvalue weighted by atomic mass is 16.1. The second kappa shape index (κ2) is 6.20. The van der Waals surface area contributed by atoms with Gasteiger partial charge in [-0.1, -0.05) is 11.6 Å². The van der Waals surface area contributed by atoms with E-state index < -0.39 is 0 Å². The summed E-state index contributed by atoms with van der Waals surface area (Å²) in [4.78, 5) is 17.1. The molecule has 0 spiro atoms. The first kappa shape index (κ1) is 15.6. The smallest absolute Gasteiger partial charge is 0.253 e. The lowest BCUT2D eigenvalue weighted by molar-refractivity contribution is 0.0932. The maximum atomic E-state index is 13.0. The fourth-order valence-electron chi connectivity index (χ4n) is 3.55. The number of carbonyl (C=O) groups excluding carboxylic acids is 1. The van der Waals surface area contributed by atoms with Gasteiger partial charge >= 0.3 is 0 Å². The zero-order chi connectivity index (χ0) is 17.4. The molecule has 0 bridgehead atoms. The molecule has 0 unspecified atom stereocenters. The zero-order valence-electron chi connectivity index (χ0n) is 14.4. The Bertz CT molecular complexity index is 910. The summed E-state index contributed by atoms with van der Waals surface area (Å²) in [6.07, 6.45) is 10.2. The number of nitrogens with zero attached hydrogens (tertiary/aromatic N) is 4. The lowest BCUT2D eigenvalue weighted by Gasteiger charge is -2.24. The minimum absolute atomic E-state index is 0.0149. The normalized spacial score (nSPS) is 16.5. The van der Waals surface area contributed by atoms with Crippen LogP contribution in [0.4, 0.5) is 0 Å². The van der Waals surface area contributed by atoms with Crippen LogP contribution in [-0.2, 0) is 13.5 Å². The monoisotopic (exact) mass is 335 g/mol. The summed E-state index contributed by atoms with van der Waals surface area (Å²) in [6, 6.07) is 5.91. The molecule has 1 aromatic carbocycles. The van der Waals surface area contributed by atoms with Crippen LogP contribution in [0, 0.1) is 6.92 Å². The molecule has 4 rings (SSSR count). The predicted octanol–water partition coefficient (Wildman–Crippen LogP) is 2.72. The summed E-state index contributed by atoms with van der Waals surface area (Å²) in [7, 11) is 1.96. The van der Waals surface area contributed by atoms with Gasteiger partial charge in [0.2, 0.25) is 0 Å². The van der Waals surface area contributed by atoms with Crippen LogP contribution in [0.25, 0.3) is 5.69 Å². The van der Waals surface area contributed by atoms with Gasteiger partial charge in [-0.2, -0.15) is 5.10 Å². The molecule has 3 aromatic rings. The van der Waals surface area contributed by atoms with E-state index in [-0.39, 0.29) is 11.9 Å². The van der Waals surface area contributed by atoms with Crippen LogP contribution >= 0.6 is 0 Å². The Hall–Kier alpha value is -2.89. The number of carbonyl (C=O) groups is 1. The molecule has 0 radical (unpaired) electrons. The average molecular weight is 335 g/mol. The average Bonchev–Trinajstić information content (AvgIpc) is 3.26. The summed E-state index contributed by atoms with van der Waals surface area (Å²) in [6.45, 7) is 1.99. The van der Waals surface area contributed by atoms with E-state index in [9.17, 15) is 4.79 Å². The Morgan fingerprint density at radius 2 is 2.24 bits per heavy atom. The van der Waals surface area contributed by atoms with E-state index >= 15 is 0 Å². The van der Waals surface area contributed by atoms with Crippen LogP contribution in [0.2, 0.25) is 0 Å². The van der Waals surface area contributed by atoms with Crippen molar-refractivity contribution in [3.05, 3.63) is 65.5 Å². The number of hydrogen-bond donors (Lipinski definition) is 1. The molecule has 0 aliphatic heterocycles. The van der Waals surface area contributed by atoms with E-state index in [1.807, 2.05) is 53.8 Å². The highest BCUT2D eigenvalue weighted by Crippen LogP contribution is 2.29. The second-order valence-electron chi connectivity index (χ2n) is 6.58. The van der Waals surface area contributed by atoms with Gasteiger partial charge in [-0.25, -0.2) is 4.98 Å². The summed E-state index contributed by atoms with van der Waals surface area (Å²) in [5.41, 5.74) is 4.91. The number of aromatic nitrogens is 4. The molecular formula is C19H21N5O. The molecule has 2 heterocycles. The van der Waals surface area contributed by atoms with Gasteiger partial charge in [-0.05, 0) is 38.3 Å². The maximum absolute atomic E-state index is 13.0. The Balaban J connectivity index is 1.65. The van der Waals surface area contributed by atoms with Gasteiger partial charge in [0.15, 0.2) is 0 Å². The van der Waals surface area contributed by atoms with Crippen LogP contribution in [0.15, 0.2) is 43.1 Å². The number of nitrogens with one attached hydrogen (secondary N) is 1. The van der Waals surface area contributed by atoms with Crippen molar-refractivity contribution in [1.29, 1.82) is 0 Å². The highest BCUT2D eigenvalue weighted by molar-refractivity contribution is 5.98. The van der Waals surface area contributed by atoms with Gasteiger partial charge < -0.3 is 9.88 Å². The molecule has 1 atom stereocenters. The Kier molecular flexibility index (Phi) is 3.87. The van der Waals surface area contributed by atoms with Gasteiger partial charge in [0.25, 0.3) is 5.91 Å². The van der Waals surface area contributed by atoms with Crippen molar-refractivity contribution in [2.75, 3.05) is 0 Å². The lowest BCUT2D eigenvalue weighted by atomic mass is 9.92. The fourth-order valence-corrected chi connectivity index (χ4v) is 3.55. The van der Waals surface area contributed by atoms with Gasteiger partial charge in [0, 0.05) is 30.7 Å². The quantitative estimate of drug-likeness (QED) is 0.800. The molecule has 0 saturated heterocycles. The van der Waals surface area contributed by atoms with E-state index in [0.717, 1.165) is 36.1 Å². The first-order valence-corrected chi connectivity index (χ1v) is 8.54. The van der Waals surface area contributed by atoms with E-state index in [1.54, 1.807) is 12.5 Å². The maximum Gasteiger partial charge on any atom is 0.253 e. The summed E-state index contributed by atoms with van der Waals surface area (Å²) < 4.78 is 3.78. The molecule has 2 aromatic heterocycles. The molecule has 0 fully saturated rings. The molecule has 0 saturated carbocycles. The molecule has 6 heteroatoms. The topological polar surface area (TPSA) is 64.7 Å². The SMILES string of the molecule is Cc1ccc(-n2ccnc2)c(C(=O)N[C@@H]2CCCc3c2cnn3C)c1. The minimum Gasteiger partial charge on any atom is -0.345 e. The van der Waals surface area contributed by atoms with E-state index in [0.29, 0.717) is 5.56 Å². The zero-order valence-corrected chi connectivity index (χ0v) is 14.4. The Morgan fingerprint density at radius 3 is 3.04 bits per heavy atom. The number of aryl methyl sites for hydroxylation is 2. The van der Waals surface area contributed by atoms with Crippen LogP contribution in [-0.4, -0.2) is 25.2 Å². The summed E-state index contributed by atoms with van der Waals surface area (Å²) >= 11 is 0.